The van der Waals surface area contributed by atoms with Gasteiger partial charge in [0.2, 0.25) is 0 Å². The third-order valence-electron chi connectivity index (χ3n) is 4.03. The van der Waals surface area contributed by atoms with Crippen LogP contribution in [0.2, 0.25) is 0 Å². The lowest BCUT2D eigenvalue weighted by Crippen LogP contribution is -2.46. The summed E-state index contributed by atoms with van der Waals surface area (Å²) in [6.07, 6.45) is 2.00. The van der Waals surface area contributed by atoms with Crippen molar-refractivity contribution in [3.05, 3.63) is 24.3 Å². The standard InChI is InChI=1S/C18H30N2O2/c1-16(2)15-22-18-8-4-3-7-17(18)20-12-10-19(11-13-20)9-5-6-14-21/h3-4,7-8,16,21H,5-6,9-15H2,1-2H3. The fraction of sp³-hybridized carbons (Fsp3) is 0.667. The van der Waals surface area contributed by atoms with Crippen molar-refractivity contribution in [2.75, 3.05) is 50.8 Å². The molecule has 1 aliphatic rings. The second-order valence-electron chi connectivity index (χ2n) is 6.43. The topological polar surface area (TPSA) is 35.9 Å². The summed E-state index contributed by atoms with van der Waals surface area (Å²) >= 11 is 0. The quantitative estimate of drug-likeness (QED) is 0.749. The van der Waals surface area contributed by atoms with Crippen molar-refractivity contribution < 1.29 is 9.84 Å². The molecule has 22 heavy (non-hydrogen) atoms. The van der Waals surface area contributed by atoms with Crippen molar-refractivity contribution in [3.63, 3.8) is 0 Å². The molecule has 4 nitrogen and oxygen atoms in total. The molecule has 0 spiro atoms. The molecular formula is C18H30N2O2. The van der Waals surface area contributed by atoms with Gasteiger partial charge in [0.1, 0.15) is 5.75 Å². The van der Waals surface area contributed by atoms with Crippen molar-refractivity contribution in [1.82, 2.24) is 4.90 Å². The van der Waals surface area contributed by atoms with Gasteiger partial charge in [-0.15, -0.1) is 0 Å². The molecule has 1 fully saturated rings. The number of hydrogen-bond acceptors (Lipinski definition) is 4. The first-order valence-corrected chi connectivity index (χ1v) is 8.50. The molecule has 1 aromatic rings. The Morgan fingerprint density at radius 3 is 2.50 bits per heavy atom. The van der Waals surface area contributed by atoms with Crippen LogP contribution >= 0.6 is 0 Å². The molecule has 0 atom stereocenters. The van der Waals surface area contributed by atoms with Gasteiger partial charge in [-0.1, -0.05) is 26.0 Å². The molecule has 1 aromatic carbocycles. The lowest BCUT2D eigenvalue weighted by molar-refractivity contribution is 0.231. The molecule has 0 saturated carbocycles. The highest BCUT2D eigenvalue weighted by Crippen LogP contribution is 2.29. The Kier molecular flexibility index (Phi) is 7.00. The molecule has 1 N–H and O–H groups in total. The molecule has 4 heteroatoms. The van der Waals surface area contributed by atoms with Crippen LogP contribution in [-0.2, 0) is 0 Å². The average molecular weight is 306 g/mol. The molecule has 0 bridgehead atoms. The fourth-order valence-electron chi connectivity index (χ4n) is 2.76. The number of rotatable bonds is 8. The molecule has 1 aliphatic heterocycles. The highest BCUT2D eigenvalue weighted by atomic mass is 16.5. The first-order chi connectivity index (χ1) is 10.7. The average Bonchev–Trinajstić information content (AvgIpc) is 2.54. The molecule has 0 amide bonds. The Hall–Kier alpha value is -1.26. The second kappa shape index (κ2) is 9.01. The third kappa shape index (κ3) is 5.18. The van der Waals surface area contributed by atoms with Gasteiger partial charge < -0.3 is 14.7 Å². The lowest BCUT2D eigenvalue weighted by atomic mass is 10.2. The first-order valence-electron chi connectivity index (χ1n) is 8.50. The minimum atomic E-state index is 0.306. The van der Waals surface area contributed by atoms with Crippen molar-refractivity contribution in [3.8, 4) is 5.75 Å². The van der Waals surface area contributed by atoms with E-state index in [1.54, 1.807) is 0 Å². The van der Waals surface area contributed by atoms with Gasteiger partial charge in [0.05, 0.1) is 12.3 Å². The molecule has 0 aliphatic carbocycles. The van der Waals surface area contributed by atoms with E-state index in [1.165, 1.54) is 5.69 Å². The van der Waals surface area contributed by atoms with Gasteiger partial charge in [-0.2, -0.15) is 0 Å². The maximum Gasteiger partial charge on any atom is 0.142 e. The minimum Gasteiger partial charge on any atom is -0.491 e. The summed E-state index contributed by atoms with van der Waals surface area (Å²) in [5.74, 6) is 1.54. The number of aliphatic hydroxyl groups is 1. The normalized spacial score (nSPS) is 16.3. The number of hydrogen-bond donors (Lipinski definition) is 1. The molecule has 2 rings (SSSR count). The number of para-hydroxylation sites is 2. The van der Waals surface area contributed by atoms with E-state index in [-0.39, 0.29) is 0 Å². The Bertz CT molecular complexity index is 429. The van der Waals surface area contributed by atoms with Crippen LogP contribution in [0.25, 0.3) is 0 Å². The van der Waals surface area contributed by atoms with Gasteiger partial charge in [0, 0.05) is 32.8 Å². The van der Waals surface area contributed by atoms with Crippen LogP contribution < -0.4 is 9.64 Å². The monoisotopic (exact) mass is 306 g/mol. The smallest absolute Gasteiger partial charge is 0.142 e. The van der Waals surface area contributed by atoms with E-state index >= 15 is 0 Å². The Morgan fingerprint density at radius 2 is 1.82 bits per heavy atom. The first kappa shape index (κ1) is 17.1. The summed E-state index contributed by atoms with van der Waals surface area (Å²) in [7, 11) is 0. The van der Waals surface area contributed by atoms with Crippen LogP contribution in [0.3, 0.4) is 0 Å². The van der Waals surface area contributed by atoms with Crippen LogP contribution in [0.15, 0.2) is 24.3 Å². The van der Waals surface area contributed by atoms with E-state index in [0.717, 1.165) is 57.9 Å². The molecule has 1 heterocycles. The lowest BCUT2D eigenvalue weighted by Gasteiger charge is -2.36. The van der Waals surface area contributed by atoms with Crippen LogP contribution in [0.4, 0.5) is 5.69 Å². The van der Waals surface area contributed by atoms with Gasteiger partial charge in [0.15, 0.2) is 0 Å². The maximum atomic E-state index is 8.87. The number of nitrogens with zero attached hydrogens (tertiary/aromatic N) is 2. The van der Waals surface area contributed by atoms with Crippen molar-refractivity contribution >= 4 is 5.69 Å². The predicted molar refractivity (Wildman–Crippen MR) is 91.7 cm³/mol. The summed E-state index contributed by atoms with van der Waals surface area (Å²) in [5.41, 5.74) is 1.22. The van der Waals surface area contributed by atoms with Gasteiger partial charge in [-0.3, -0.25) is 4.90 Å². The van der Waals surface area contributed by atoms with E-state index in [9.17, 15) is 0 Å². The van der Waals surface area contributed by atoms with Crippen molar-refractivity contribution in [2.24, 2.45) is 5.92 Å². The van der Waals surface area contributed by atoms with Crippen LogP contribution in [0.5, 0.6) is 5.75 Å². The SMILES string of the molecule is CC(C)COc1ccccc1N1CCN(CCCCO)CC1. The van der Waals surface area contributed by atoms with Crippen molar-refractivity contribution in [1.29, 1.82) is 0 Å². The zero-order valence-corrected chi connectivity index (χ0v) is 14.0. The highest BCUT2D eigenvalue weighted by Gasteiger charge is 2.19. The molecular weight excluding hydrogens is 276 g/mol. The maximum absolute atomic E-state index is 8.87. The van der Waals surface area contributed by atoms with Gasteiger partial charge in [0.25, 0.3) is 0 Å². The Morgan fingerprint density at radius 1 is 1.09 bits per heavy atom. The molecule has 0 aromatic heterocycles. The van der Waals surface area contributed by atoms with Gasteiger partial charge in [-0.05, 0) is 37.4 Å². The van der Waals surface area contributed by atoms with E-state index < -0.39 is 0 Å². The van der Waals surface area contributed by atoms with Crippen LogP contribution in [0.1, 0.15) is 26.7 Å². The second-order valence-corrected chi connectivity index (χ2v) is 6.43. The van der Waals surface area contributed by atoms with Gasteiger partial charge >= 0.3 is 0 Å². The number of ether oxygens (including phenoxy) is 1. The zero-order valence-electron chi connectivity index (χ0n) is 14.0. The van der Waals surface area contributed by atoms with E-state index in [4.69, 9.17) is 9.84 Å². The third-order valence-corrected chi connectivity index (χ3v) is 4.03. The molecule has 0 radical (unpaired) electrons. The molecule has 1 saturated heterocycles. The van der Waals surface area contributed by atoms with Gasteiger partial charge in [-0.25, -0.2) is 0 Å². The van der Waals surface area contributed by atoms with E-state index in [0.29, 0.717) is 12.5 Å². The van der Waals surface area contributed by atoms with Crippen molar-refractivity contribution in [2.45, 2.75) is 26.7 Å². The largest absolute Gasteiger partial charge is 0.491 e. The van der Waals surface area contributed by atoms with Crippen LogP contribution in [-0.4, -0.2) is 55.9 Å². The minimum absolute atomic E-state index is 0.306. The zero-order chi connectivity index (χ0) is 15.8. The summed E-state index contributed by atoms with van der Waals surface area (Å²) < 4.78 is 5.98. The highest BCUT2D eigenvalue weighted by molar-refractivity contribution is 5.58. The Labute approximate surface area is 134 Å². The number of piperazine rings is 1. The summed E-state index contributed by atoms with van der Waals surface area (Å²) in [4.78, 5) is 4.92. The van der Waals surface area contributed by atoms with Crippen LogP contribution in [0, 0.1) is 5.92 Å². The summed E-state index contributed by atoms with van der Waals surface area (Å²) in [6, 6.07) is 8.37. The number of benzene rings is 1. The Balaban J connectivity index is 1.88. The van der Waals surface area contributed by atoms with E-state index in [2.05, 4.69) is 41.8 Å². The molecule has 124 valence electrons. The number of anilines is 1. The predicted octanol–water partition coefficient (Wildman–Crippen LogP) is 2.62. The fourth-order valence-corrected chi connectivity index (χ4v) is 2.76. The molecule has 0 unspecified atom stereocenters. The summed E-state index contributed by atoms with van der Waals surface area (Å²) in [5, 5.41) is 8.87. The number of unbranched alkanes of at least 4 members (excludes halogenated alkanes) is 1. The number of aliphatic hydroxyl groups excluding tert-OH is 1. The van der Waals surface area contributed by atoms with E-state index in [1.807, 2.05) is 6.07 Å². The summed E-state index contributed by atoms with van der Waals surface area (Å²) in [6.45, 7) is 10.8.